The lowest BCUT2D eigenvalue weighted by atomic mass is 9.95. The van der Waals surface area contributed by atoms with E-state index in [4.69, 9.17) is 49.4 Å². The summed E-state index contributed by atoms with van der Waals surface area (Å²) in [6, 6.07) is 0. The number of aromatic amines is 2. The van der Waals surface area contributed by atoms with Crippen molar-refractivity contribution >= 4 is 85.0 Å². The van der Waals surface area contributed by atoms with Crippen LogP contribution in [0.15, 0.2) is 34.9 Å². The van der Waals surface area contributed by atoms with Crippen LogP contribution in [0.3, 0.4) is 0 Å². The molecule has 9 rings (SSSR count). The lowest BCUT2D eigenvalue weighted by Gasteiger charge is -2.24. The molecule has 0 aromatic carbocycles. The van der Waals surface area contributed by atoms with Gasteiger partial charge in [0.2, 0.25) is 17.7 Å². The van der Waals surface area contributed by atoms with E-state index in [9.17, 15) is 61.7 Å². The van der Waals surface area contributed by atoms with E-state index < -0.39 is 138 Å². The number of nitrogens with zero attached hydrogens (tertiary/aromatic N) is 10. The fraction of sp³-hybridized carbons (Fsp3) is 0.559. The molecule has 0 amide bonds. The zero-order valence-corrected chi connectivity index (χ0v) is 42.7. The number of aliphatic hydroxyl groups is 3. The zero-order valence-electron chi connectivity index (χ0n) is 39.2. The molecule has 3 unspecified atom stereocenters. The Balaban J connectivity index is 0.867. The van der Waals surface area contributed by atoms with Crippen LogP contribution >= 0.6 is 23.5 Å². The van der Waals surface area contributed by atoms with Crippen molar-refractivity contribution in [1.82, 2.24) is 58.3 Å². The predicted molar refractivity (Wildman–Crippen MR) is 248 cm³/mol. The fourth-order valence-electron chi connectivity index (χ4n) is 8.91. The molecular weight excluding hydrogens is 1110 g/mol. The van der Waals surface area contributed by atoms with E-state index in [-0.39, 0.29) is 57.6 Å². The van der Waals surface area contributed by atoms with Gasteiger partial charge in [-0.05, 0) is 6.42 Å². The largest absolute Gasteiger partial charge is 0.490 e. The summed E-state index contributed by atoms with van der Waals surface area (Å²) < 4.78 is 121. The van der Waals surface area contributed by atoms with E-state index in [1.807, 2.05) is 4.72 Å². The second-order valence-electron chi connectivity index (χ2n) is 17.1. The summed E-state index contributed by atoms with van der Waals surface area (Å²) in [4.78, 5) is 85.2. The van der Waals surface area contributed by atoms with Crippen molar-refractivity contribution in [2.75, 3.05) is 44.1 Å². The molecule has 416 valence electrons. The molecule has 6 aromatic rings. The Bertz CT molecular complexity index is 3560. The summed E-state index contributed by atoms with van der Waals surface area (Å²) in [6.45, 7) is -1.29. The average molecular weight is 1160 g/mol. The predicted octanol–water partition coefficient (Wildman–Crippen LogP) is -4.33. The van der Waals surface area contributed by atoms with Crippen LogP contribution in [0.2, 0.25) is 0 Å². The van der Waals surface area contributed by atoms with Gasteiger partial charge in [-0.25, -0.2) is 42.4 Å². The molecule has 15 N–H and O–H groups in total. The number of hydrogen-bond acceptors (Lipinski definition) is 28. The smallest absolute Gasteiger partial charge is 0.387 e. The fourth-order valence-corrected chi connectivity index (χ4v) is 13.4. The molecule has 3 fully saturated rings. The quantitative estimate of drug-likeness (QED) is 0.0254. The Morgan fingerprint density at radius 2 is 1.39 bits per heavy atom. The number of ether oxygens (including phenoxy) is 4. The van der Waals surface area contributed by atoms with E-state index in [0.29, 0.717) is 0 Å². The first-order chi connectivity index (χ1) is 35.7. The highest BCUT2D eigenvalue weighted by molar-refractivity contribution is 7.84. The number of imidazole rings is 3. The highest BCUT2D eigenvalue weighted by Gasteiger charge is 2.53. The minimum Gasteiger partial charge on any atom is -0.387 e. The van der Waals surface area contributed by atoms with E-state index in [1.165, 1.54) is 27.1 Å². The van der Waals surface area contributed by atoms with Crippen molar-refractivity contribution in [2.24, 2.45) is 13.0 Å². The first kappa shape index (κ1) is 55.4. The number of phosphoric acid groups is 3. The molecule has 15 atom stereocenters. The summed E-state index contributed by atoms with van der Waals surface area (Å²) >= 11 is 0. The van der Waals surface area contributed by atoms with Crippen LogP contribution < -0.4 is 37.6 Å². The third kappa shape index (κ3) is 10.9. The van der Waals surface area contributed by atoms with Crippen LogP contribution in [-0.4, -0.2) is 168 Å². The van der Waals surface area contributed by atoms with E-state index in [1.54, 1.807) is 6.92 Å². The number of nitrogens with two attached hydrogens (primary N) is 3. The zero-order chi connectivity index (χ0) is 55.0. The summed E-state index contributed by atoms with van der Waals surface area (Å²) in [5.41, 5.74) is 15.8. The Hall–Kier alpha value is -5.35. The van der Waals surface area contributed by atoms with Crippen LogP contribution in [-0.2, 0) is 71.8 Å². The molecule has 0 aliphatic carbocycles. The maximum absolute atomic E-state index is 13.7. The van der Waals surface area contributed by atoms with Gasteiger partial charge in [0.05, 0.1) is 39.0 Å². The summed E-state index contributed by atoms with van der Waals surface area (Å²) in [7, 11) is -20.3. The van der Waals surface area contributed by atoms with Crippen LogP contribution in [0.4, 0.5) is 17.7 Å². The third-order valence-corrected chi connectivity index (χ3v) is 17.5. The molecule has 0 bridgehead atoms. The molecule has 9 heterocycles. The molecule has 3 aliphatic heterocycles. The molecule has 0 radical (unpaired) electrons. The highest BCUT2D eigenvalue weighted by atomic mass is 32.2. The average Bonchev–Trinajstić information content (AvgIpc) is 4.20. The number of fused-ring (bicyclic) bond motifs is 3. The van der Waals surface area contributed by atoms with Crippen LogP contribution in [0.1, 0.15) is 32.0 Å². The number of H-pyrrole nitrogens is 2. The Kier molecular flexibility index (Phi) is 15.2. The Labute approximate surface area is 423 Å². The topological polar surface area (TPSA) is 542 Å². The molecule has 42 heteroatoms. The maximum Gasteiger partial charge on any atom is 0.490 e. The van der Waals surface area contributed by atoms with Gasteiger partial charge in [0.15, 0.2) is 41.4 Å². The van der Waals surface area contributed by atoms with Gasteiger partial charge >= 0.3 is 39.4 Å². The molecule has 3 saturated heterocycles. The van der Waals surface area contributed by atoms with Crippen molar-refractivity contribution in [1.29, 1.82) is 0 Å². The normalized spacial score (nSPS) is 29.6. The monoisotopic (exact) mass is 1160 g/mol. The highest BCUT2D eigenvalue weighted by Crippen LogP contribution is 2.68. The first-order valence-corrected chi connectivity index (χ1v) is 27.9. The number of nitrogens with one attached hydrogen (secondary N) is 3. The summed E-state index contributed by atoms with van der Waals surface area (Å²) in [5, 5.41) is 33.0. The van der Waals surface area contributed by atoms with Gasteiger partial charge in [-0.3, -0.25) is 42.3 Å². The molecule has 76 heavy (non-hydrogen) atoms. The van der Waals surface area contributed by atoms with Gasteiger partial charge in [0.1, 0.15) is 54.6 Å². The molecule has 38 nitrogen and oxygen atoms in total. The molecule has 0 saturated carbocycles. The molecule has 6 aromatic heterocycles. The number of aromatic nitrogens is 12. The van der Waals surface area contributed by atoms with Crippen molar-refractivity contribution in [3.8, 4) is 0 Å². The summed E-state index contributed by atoms with van der Waals surface area (Å²) in [6.07, 6.45) is -12.2. The second kappa shape index (κ2) is 20.8. The first-order valence-electron chi connectivity index (χ1n) is 22.0. The van der Waals surface area contributed by atoms with Gasteiger partial charge in [-0.2, -0.15) is 26.7 Å². The maximum atomic E-state index is 13.7. The van der Waals surface area contributed by atoms with Crippen molar-refractivity contribution in [2.45, 2.75) is 80.9 Å². The van der Waals surface area contributed by atoms with Crippen molar-refractivity contribution in [3.05, 3.63) is 46.0 Å². The van der Waals surface area contributed by atoms with E-state index >= 15 is 0 Å². The SMILES string of the molecule is CC[C@H]1[C@@H](O)[C@H]([n+]2cn(C)c3c(=O)[nH]c(N)nc32)O[C@@H]1COP(=O)(O)OP(=O)(O)OP(=O)(O)OC[C@H]1O[C@@H](n2cnc3c(N)ncnc32)[C@H](OC)[C@@H]1OS(=O)(=O)NC[C@H]1O[C@@H](n2cnc3c(=O)[nH]c(N)nc32)[C@H](O)[C@@H]1O. The van der Waals surface area contributed by atoms with Crippen LogP contribution in [0, 0.1) is 5.92 Å². The van der Waals surface area contributed by atoms with Gasteiger partial charge in [0, 0.05) is 19.6 Å². The molecule has 3 aliphatic rings. The summed E-state index contributed by atoms with van der Waals surface area (Å²) in [5.74, 6) is -1.46. The number of aliphatic hydroxyl groups excluding tert-OH is 3. The van der Waals surface area contributed by atoms with E-state index in [2.05, 4.69) is 48.5 Å². The Morgan fingerprint density at radius 1 is 0.776 bits per heavy atom. The number of rotatable bonds is 20. The van der Waals surface area contributed by atoms with Crippen LogP contribution in [0.25, 0.3) is 33.5 Å². The van der Waals surface area contributed by atoms with Crippen LogP contribution in [0.5, 0.6) is 0 Å². The minimum absolute atomic E-state index is 0.0156. The van der Waals surface area contributed by atoms with Gasteiger partial charge in [-0.15, -0.1) is 0 Å². The number of anilines is 3. The third-order valence-electron chi connectivity index (χ3n) is 12.3. The van der Waals surface area contributed by atoms with Crippen molar-refractivity contribution < 1.29 is 97.5 Å². The van der Waals surface area contributed by atoms with Crippen molar-refractivity contribution in [3.63, 3.8) is 0 Å². The number of aryl methyl sites for hydroxylation is 1. The van der Waals surface area contributed by atoms with Gasteiger partial charge in [0.25, 0.3) is 17.1 Å². The second-order valence-corrected chi connectivity index (χ2v) is 23.1. The van der Waals surface area contributed by atoms with Gasteiger partial charge in [-0.1, -0.05) is 11.9 Å². The van der Waals surface area contributed by atoms with Gasteiger partial charge < -0.3 is 66.1 Å². The Morgan fingerprint density at radius 3 is 2.07 bits per heavy atom. The number of hydrogen-bond donors (Lipinski definition) is 12. The number of methoxy groups -OCH3 is 1. The lowest BCUT2D eigenvalue weighted by molar-refractivity contribution is -0.745. The van der Waals surface area contributed by atoms with E-state index in [0.717, 1.165) is 30.7 Å². The number of nitrogen functional groups attached to an aromatic ring is 3. The lowest BCUT2D eigenvalue weighted by Crippen LogP contribution is -2.45. The number of phosphoric ester groups is 2. The minimum atomic E-state index is -6.15. The standard InChI is InChI=1S/C34H47N16O22P3S/c1-4-12-14(68-30(19(12)51)50-11-47(2)18-27(50)44-34(37)46-29(18)55)6-65-73(56,57)71-75(60,61)72-74(58,59)66-7-15-22(23(64-3)32(69-15)48-9-40-16-24(35)38-8-39-25(16)48)70-76(62,63)42-5-13-20(52)21(53)31(67-13)49-10-41-17-26(49)43-33(36)45-28(17)54/h8-15,19-23,30-32,42,51-53H,4-7H2,1-3H3,(H10-,35,36,37,38,39,43,44,45,46,54,55,56,57,58,59,60,61)/p+1/t12-,13-,14-,15-,19-,20-,21-,22-,23-,30-,31-,32-/m1/s1. The molecular formula is C34H48N16O22P3S+. The molecule has 0 spiro atoms.